The maximum absolute atomic E-state index is 14.1. The second kappa shape index (κ2) is 55.2. The summed E-state index contributed by atoms with van der Waals surface area (Å²) in [7, 11) is 0. The number of aromatic nitrogens is 9. The van der Waals surface area contributed by atoms with Crippen LogP contribution in [0.1, 0.15) is 70.0 Å². The van der Waals surface area contributed by atoms with Gasteiger partial charge in [-0.2, -0.15) is 8.78 Å². The van der Waals surface area contributed by atoms with Crippen molar-refractivity contribution in [2.75, 3.05) is 185 Å². The molecule has 3 fully saturated rings. The summed E-state index contributed by atoms with van der Waals surface area (Å²) in [4.78, 5) is 60.6. The highest BCUT2D eigenvalue weighted by Gasteiger charge is 2.46. The molecule has 0 spiro atoms. The molecule has 3 saturated carbocycles. The van der Waals surface area contributed by atoms with Crippen LogP contribution in [0.3, 0.4) is 0 Å². The predicted octanol–water partition coefficient (Wildman–Crippen LogP) is -4.52. The molecule has 42 nitrogen and oxygen atoms in total. The summed E-state index contributed by atoms with van der Waals surface area (Å²) in [5.74, 6) is -18.3. The smallest absolute Gasteiger partial charge is 0.313 e. The first-order valence-corrected chi connectivity index (χ1v) is 40.4. The minimum Gasteiger partial charge on any atom is -0.420 e. The second-order valence-corrected chi connectivity index (χ2v) is 29.5. The van der Waals surface area contributed by atoms with Crippen LogP contribution in [0.5, 0.6) is 5.75 Å². The Labute approximate surface area is 700 Å². The Hall–Kier alpha value is -7.28. The van der Waals surface area contributed by atoms with Crippen LogP contribution >= 0.6 is 0 Å². The van der Waals surface area contributed by atoms with Gasteiger partial charge in [0.25, 0.3) is 0 Å². The molecular weight excluding hydrogens is 1640 g/mol. The minimum atomic E-state index is -2.42. The Kier molecular flexibility index (Phi) is 46.1. The van der Waals surface area contributed by atoms with Crippen molar-refractivity contribution in [1.29, 1.82) is 0 Å². The summed E-state index contributed by atoms with van der Waals surface area (Å²) in [6, 6.07) is -2.98. The molecule has 3 aromatic heterocycles. The first kappa shape index (κ1) is 102. The number of hydrogen-bond donors (Lipinski definition) is 13. The van der Waals surface area contributed by atoms with Crippen LogP contribution in [0.4, 0.5) is 22.0 Å². The van der Waals surface area contributed by atoms with Crippen LogP contribution in [0.25, 0.3) is 0 Å². The Morgan fingerprint density at radius 3 is 0.959 bits per heavy atom. The number of nitrogens with zero attached hydrogens (tertiary/aromatic N) is 9. The standard InChI is InChI=1S/C75H118F5N13O29/c1-46(94)81-65-55(97)34-49(68(102)71(65)105)40-116-12-4-52-37-91(88-85-52)9-17-110-22-25-113-28-31-119-43-75(84-58(100)7-15-108-20-21-109-16-8-59(101)122-74-63(79)61(77)60(76)62(78)64(74)80,44-120-32-29-114-26-23-111-18-10-92-38-53(86-89-92)5-13-117-41-50-35-56(98)66(82-47(2)95)72(106)69(50)103)45-121-33-30-115-27-24-112-19-11-93-39-54(87-90-93)6-14-118-42-51-36-57(99)67(83-48(3)96)73(107)70(51)104/h37-39,49-51,55-57,65-73,97-99,102-107H,4-36,40-45H2,1-3H3,(H,81,94)(H,82,95)(H,83,96)(H,84,100)/t49-,50-,51-,55-,56-,57-,65+,66+,67+,68+,69+,70+,71-,72-,73-/m1/s1. The van der Waals surface area contributed by atoms with Gasteiger partial charge in [-0.25, -0.2) is 27.2 Å². The Morgan fingerprint density at radius 1 is 0.369 bits per heavy atom. The maximum Gasteiger partial charge on any atom is 0.313 e. The fourth-order valence-electron chi connectivity index (χ4n) is 13.3. The van der Waals surface area contributed by atoms with Gasteiger partial charge in [0.2, 0.25) is 58.5 Å². The third-order valence-electron chi connectivity index (χ3n) is 19.7. The number of amides is 4. The molecule has 0 unspecified atom stereocenters. The second-order valence-electron chi connectivity index (χ2n) is 29.5. The number of aliphatic hydroxyl groups is 9. The number of benzene rings is 1. The van der Waals surface area contributed by atoms with Crippen molar-refractivity contribution >= 4 is 29.6 Å². The summed E-state index contributed by atoms with van der Waals surface area (Å²) < 4.78 is 159. The first-order chi connectivity index (χ1) is 58.6. The molecule has 15 atom stereocenters. The van der Waals surface area contributed by atoms with Gasteiger partial charge in [-0.15, -0.1) is 15.3 Å². The number of esters is 1. The molecule has 3 aliphatic rings. The molecule has 47 heteroatoms. The fourth-order valence-corrected chi connectivity index (χ4v) is 13.3. The molecular formula is C75H118F5N13O29. The lowest BCUT2D eigenvalue weighted by Gasteiger charge is -2.40. The number of ether oxygens (including phenoxy) is 15. The summed E-state index contributed by atoms with van der Waals surface area (Å²) in [6.45, 7) is 6.69. The van der Waals surface area contributed by atoms with Gasteiger partial charge < -0.3 is 138 Å². The van der Waals surface area contributed by atoms with Crippen LogP contribution in [0.2, 0.25) is 0 Å². The molecule has 4 aromatic rings. The van der Waals surface area contributed by atoms with E-state index in [4.69, 9.17) is 66.3 Å². The topological polar surface area (TPSA) is 546 Å². The zero-order valence-electron chi connectivity index (χ0n) is 68.6. The summed E-state index contributed by atoms with van der Waals surface area (Å²) in [6.07, 6.45) is -5.10. The third-order valence-corrected chi connectivity index (χ3v) is 19.7. The number of halogens is 5. The highest BCUT2D eigenvalue weighted by atomic mass is 19.2. The summed E-state index contributed by atoms with van der Waals surface area (Å²) >= 11 is 0. The average molecular weight is 1760 g/mol. The first-order valence-electron chi connectivity index (χ1n) is 40.4. The van der Waals surface area contributed by atoms with Gasteiger partial charge in [-0.1, -0.05) is 15.6 Å². The summed E-state index contributed by atoms with van der Waals surface area (Å²) in [5, 5.41) is 130. The van der Waals surface area contributed by atoms with E-state index >= 15 is 0 Å². The molecule has 7 rings (SSSR count). The number of carbonyl (C=O) groups excluding carboxylic acids is 5. The van der Waals surface area contributed by atoms with E-state index in [1.807, 2.05) is 0 Å². The molecule has 692 valence electrons. The number of carbonyl (C=O) groups is 5. The van der Waals surface area contributed by atoms with Gasteiger partial charge in [0.15, 0.2) is 0 Å². The van der Waals surface area contributed by atoms with E-state index in [2.05, 4.69) is 56.9 Å². The minimum absolute atomic E-state index is 0.0346. The molecule has 13 N–H and O–H groups in total. The third kappa shape index (κ3) is 35.6. The van der Waals surface area contributed by atoms with E-state index in [9.17, 15) is 91.9 Å². The van der Waals surface area contributed by atoms with E-state index < -0.39 is 174 Å². The van der Waals surface area contributed by atoms with Crippen molar-refractivity contribution in [3.8, 4) is 5.75 Å². The number of rotatable bonds is 62. The zero-order valence-corrected chi connectivity index (χ0v) is 68.6. The fraction of sp³-hybridized carbons (Fsp3) is 0.773. The van der Waals surface area contributed by atoms with Gasteiger partial charge in [0.1, 0.15) is 23.9 Å². The van der Waals surface area contributed by atoms with E-state index in [1.54, 1.807) is 32.6 Å². The average Bonchev–Trinajstić information content (AvgIpc) is 0.954. The van der Waals surface area contributed by atoms with Crippen LogP contribution in [-0.4, -0.2) is 384 Å². The molecule has 4 amide bonds. The number of nitrogens with one attached hydrogen (secondary N) is 4. The monoisotopic (exact) mass is 1760 g/mol. The highest BCUT2D eigenvalue weighted by molar-refractivity contribution is 5.77. The zero-order chi connectivity index (χ0) is 88.4. The Balaban J connectivity index is 0.849. The number of aliphatic hydroxyl groups excluding tert-OH is 9. The maximum atomic E-state index is 14.1. The number of hydrogen-bond acceptors (Lipinski definition) is 35. The van der Waals surface area contributed by atoms with Crippen molar-refractivity contribution in [3.05, 3.63) is 64.8 Å². The molecule has 3 aliphatic carbocycles. The van der Waals surface area contributed by atoms with E-state index in [0.29, 0.717) is 56.0 Å². The van der Waals surface area contributed by atoms with Crippen LogP contribution in [0.15, 0.2) is 18.6 Å². The molecule has 0 aliphatic heterocycles. The van der Waals surface area contributed by atoms with Crippen molar-refractivity contribution in [1.82, 2.24) is 66.2 Å². The quantitative estimate of drug-likeness (QED) is 0.00495. The van der Waals surface area contributed by atoms with Gasteiger partial charge in [-0.3, -0.25) is 24.0 Å². The van der Waals surface area contributed by atoms with Crippen LogP contribution < -0.4 is 26.0 Å². The van der Waals surface area contributed by atoms with Crippen molar-refractivity contribution in [3.63, 3.8) is 0 Å². The molecule has 1 aromatic carbocycles. The Morgan fingerprint density at radius 2 is 0.648 bits per heavy atom. The van der Waals surface area contributed by atoms with Crippen molar-refractivity contribution in [2.45, 2.75) is 170 Å². The van der Waals surface area contributed by atoms with Crippen molar-refractivity contribution in [2.24, 2.45) is 17.8 Å². The molecule has 3 heterocycles. The lowest BCUT2D eigenvalue weighted by atomic mass is 9.79. The van der Waals surface area contributed by atoms with Crippen molar-refractivity contribution < 1.29 is 163 Å². The normalized spacial score (nSPS) is 23.1. The highest BCUT2D eigenvalue weighted by Crippen LogP contribution is 2.32. The van der Waals surface area contributed by atoms with Gasteiger partial charge in [0, 0.05) is 82.8 Å². The van der Waals surface area contributed by atoms with Gasteiger partial charge in [0.05, 0.1) is 283 Å². The van der Waals surface area contributed by atoms with E-state index in [1.165, 1.54) is 20.8 Å². The van der Waals surface area contributed by atoms with E-state index in [0.717, 1.165) is 0 Å². The lowest BCUT2D eigenvalue weighted by Crippen LogP contribution is -2.61. The van der Waals surface area contributed by atoms with Crippen LogP contribution in [0, 0.1) is 46.8 Å². The molecule has 0 bridgehead atoms. The lowest BCUT2D eigenvalue weighted by molar-refractivity contribution is -0.136. The summed E-state index contributed by atoms with van der Waals surface area (Å²) in [5.41, 5.74) is 0.527. The SMILES string of the molecule is CC(=O)N[C@@H]1[C@@H](O)[C@@H](O)[C@@H](COCCc2cn(CCOCCOCCOCC(COCCOCCOCCn3cc(CCOC[C@H]4C[C@@H](O)[C@H](NC(C)=O)[C@@H](O)[C@H]4O)nn3)(COCCOCCOCCn3cc(CCOC[C@H]4C[C@@H](O)[C@H](NC(C)=O)[C@@H](O)[C@H]4O)nn3)NC(=O)CCOCCOCCC(=O)Oc3c(F)c(F)c(F)c(F)c3F)nn2)C[C@H]1O. The predicted molar refractivity (Wildman–Crippen MR) is 406 cm³/mol. The molecule has 0 radical (unpaired) electrons. The van der Waals surface area contributed by atoms with Crippen LogP contribution in [-0.2, 0) is 129 Å². The molecule has 122 heavy (non-hydrogen) atoms. The molecule has 0 saturated heterocycles. The van der Waals surface area contributed by atoms with E-state index in [-0.39, 0.29) is 204 Å². The Bertz CT molecular complexity index is 3400. The van der Waals surface area contributed by atoms with Gasteiger partial charge in [-0.05, 0) is 19.3 Å². The largest absolute Gasteiger partial charge is 0.420 e. The van der Waals surface area contributed by atoms with Gasteiger partial charge >= 0.3 is 5.97 Å².